The Kier molecular flexibility index (Phi) is 3.54. The number of fused-ring (bicyclic) bond motifs is 1. The van der Waals surface area contributed by atoms with Crippen LogP contribution in [0.3, 0.4) is 0 Å². The largest absolute Gasteiger partial charge is 0.493 e. The molecule has 2 N–H and O–H groups in total. The summed E-state index contributed by atoms with van der Waals surface area (Å²) in [5.74, 6) is 2.22. The first-order valence-electron chi connectivity index (χ1n) is 6.29. The second kappa shape index (κ2) is 5.34. The van der Waals surface area contributed by atoms with Crippen LogP contribution in [0.1, 0.15) is 0 Å². The third-order valence-electron chi connectivity index (χ3n) is 3.28. The molecule has 0 saturated heterocycles. The third-order valence-corrected chi connectivity index (χ3v) is 4.47. The van der Waals surface area contributed by atoms with Crippen LogP contribution in [0.15, 0.2) is 23.4 Å². The van der Waals surface area contributed by atoms with E-state index in [0.717, 1.165) is 23.1 Å². The van der Waals surface area contributed by atoms with Crippen molar-refractivity contribution in [3.05, 3.63) is 18.2 Å². The standard InChI is InChI=1S/C13H16N4O2S/c1-18-10-4-3-8(5-11(10)19-2)12-15-16-13-17(12)7-9(6-14)20-13/h3-5,9H,6-7,14H2,1-2H3. The fraction of sp³-hybridized carbons (Fsp3) is 0.385. The number of hydrogen-bond acceptors (Lipinski definition) is 6. The molecule has 7 heteroatoms. The van der Waals surface area contributed by atoms with Gasteiger partial charge in [-0.15, -0.1) is 10.2 Å². The SMILES string of the molecule is COc1ccc(-c2nnc3n2CC(CN)S3)cc1OC. The van der Waals surface area contributed by atoms with Crippen LogP contribution < -0.4 is 15.2 Å². The molecule has 0 radical (unpaired) electrons. The van der Waals surface area contributed by atoms with E-state index in [-0.39, 0.29) is 0 Å². The van der Waals surface area contributed by atoms with E-state index in [4.69, 9.17) is 15.2 Å². The summed E-state index contributed by atoms with van der Waals surface area (Å²) in [4.78, 5) is 0. The van der Waals surface area contributed by atoms with Crippen molar-refractivity contribution in [1.29, 1.82) is 0 Å². The molecule has 1 aromatic heterocycles. The molecule has 0 aliphatic carbocycles. The average molecular weight is 292 g/mol. The summed E-state index contributed by atoms with van der Waals surface area (Å²) in [6.07, 6.45) is 0. The molecule has 106 valence electrons. The van der Waals surface area contributed by atoms with Gasteiger partial charge in [-0.3, -0.25) is 0 Å². The van der Waals surface area contributed by atoms with E-state index < -0.39 is 0 Å². The van der Waals surface area contributed by atoms with Gasteiger partial charge in [0, 0.05) is 23.9 Å². The van der Waals surface area contributed by atoms with Gasteiger partial charge in [0.1, 0.15) is 0 Å². The predicted octanol–water partition coefficient (Wildman–Crippen LogP) is 1.40. The Balaban J connectivity index is 1.99. The topological polar surface area (TPSA) is 75.2 Å². The van der Waals surface area contributed by atoms with Gasteiger partial charge < -0.3 is 19.8 Å². The highest BCUT2D eigenvalue weighted by atomic mass is 32.2. The first kappa shape index (κ1) is 13.3. The molecule has 1 unspecified atom stereocenters. The summed E-state index contributed by atoms with van der Waals surface area (Å²) in [5, 5.41) is 9.78. The van der Waals surface area contributed by atoms with Crippen LogP contribution in [0.5, 0.6) is 11.5 Å². The van der Waals surface area contributed by atoms with Crippen molar-refractivity contribution in [3.8, 4) is 22.9 Å². The lowest BCUT2D eigenvalue weighted by Crippen LogP contribution is -2.17. The average Bonchev–Trinajstić information content (AvgIpc) is 3.06. The summed E-state index contributed by atoms with van der Waals surface area (Å²) in [6, 6.07) is 5.74. The smallest absolute Gasteiger partial charge is 0.191 e. The highest BCUT2D eigenvalue weighted by molar-refractivity contribution is 8.00. The maximum atomic E-state index is 5.73. The van der Waals surface area contributed by atoms with Crippen LogP contribution in [0.4, 0.5) is 0 Å². The minimum Gasteiger partial charge on any atom is -0.493 e. The number of rotatable bonds is 4. The quantitative estimate of drug-likeness (QED) is 0.918. The highest BCUT2D eigenvalue weighted by Crippen LogP contribution is 2.36. The number of aromatic nitrogens is 3. The van der Waals surface area contributed by atoms with Crippen LogP contribution in [0.25, 0.3) is 11.4 Å². The Hall–Kier alpha value is -1.73. The number of thioether (sulfide) groups is 1. The van der Waals surface area contributed by atoms with E-state index >= 15 is 0 Å². The van der Waals surface area contributed by atoms with E-state index in [1.54, 1.807) is 26.0 Å². The molecule has 0 amide bonds. The zero-order chi connectivity index (χ0) is 14.1. The van der Waals surface area contributed by atoms with Crippen molar-refractivity contribution in [2.45, 2.75) is 17.0 Å². The van der Waals surface area contributed by atoms with Crippen molar-refractivity contribution >= 4 is 11.8 Å². The number of benzene rings is 1. The first-order valence-corrected chi connectivity index (χ1v) is 7.17. The zero-order valence-electron chi connectivity index (χ0n) is 11.4. The maximum Gasteiger partial charge on any atom is 0.191 e. The fourth-order valence-electron chi connectivity index (χ4n) is 2.24. The monoisotopic (exact) mass is 292 g/mol. The molecule has 0 spiro atoms. The number of nitrogens with two attached hydrogens (primary N) is 1. The molecular weight excluding hydrogens is 276 g/mol. The third kappa shape index (κ3) is 2.12. The Morgan fingerprint density at radius 1 is 1.30 bits per heavy atom. The van der Waals surface area contributed by atoms with Crippen molar-refractivity contribution in [1.82, 2.24) is 14.8 Å². The molecule has 1 aliphatic heterocycles. The number of ether oxygens (including phenoxy) is 2. The van der Waals surface area contributed by atoms with Crippen LogP contribution >= 0.6 is 11.8 Å². The van der Waals surface area contributed by atoms with Gasteiger partial charge in [0.15, 0.2) is 22.5 Å². The second-order valence-electron chi connectivity index (χ2n) is 4.46. The van der Waals surface area contributed by atoms with Crippen LogP contribution in [-0.4, -0.2) is 40.8 Å². The maximum absolute atomic E-state index is 5.73. The molecule has 0 bridgehead atoms. The summed E-state index contributed by atoms with van der Waals surface area (Å²) in [7, 11) is 3.24. The van der Waals surface area contributed by atoms with Gasteiger partial charge in [-0.2, -0.15) is 0 Å². The van der Waals surface area contributed by atoms with Crippen LogP contribution in [-0.2, 0) is 6.54 Å². The number of nitrogens with zero attached hydrogens (tertiary/aromatic N) is 3. The first-order chi connectivity index (χ1) is 9.76. The molecule has 0 fully saturated rings. The van der Waals surface area contributed by atoms with Crippen molar-refractivity contribution in [2.75, 3.05) is 20.8 Å². The summed E-state index contributed by atoms with van der Waals surface area (Å²) >= 11 is 1.68. The Morgan fingerprint density at radius 2 is 2.10 bits per heavy atom. The molecule has 1 atom stereocenters. The van der Waals surface area contributed by atoms with Gasteiger partial charge >= 0.3 is 0 Å². The lowest BCUT2D eigenvalue weighted by Gasteiger charge is -2.10. The predicted molar refractivity (Wildman–Crippen MR) is 77.3 cm³/mol. The minimum atomic E-state index is 0.374. The van der Waals surface area contributed by atoms with Crippen molar-refractivity contribution in [2.24, 2.45) is 5.73 Å². The van der Waals surface area contributed by atoms with E-state index in [9.17, 15) is 0 Å². The van der Waals surface area contributed by atoms with E-state index in [1.165, 1.54) is 0 Å². The molecule has 20 heavy (non-hydrogen) atoms. The van der Waals surface area contributed by atoms with Gasteiger partial charge in [-0.25, -0.2) is 0 Å². The van der Waals surface area contributed by atoms with Crippen molar-refractivity contribution in [3.63, 3.8) is 0 Å². The van der Waals surface area contributed by atoms with Crippen LogP contribution in [0, 0.1) is 0 Å². The number of methoxy groups -OCH3 is 2. The lowest BCUT2D eigenvalue weighted by atomic mass is 10.2. The molecule has 1 aromatic carbocycles. The van der Waals surface area contributed by atoms with Crippen LogP contribution in [0.2, 0.25) is 0 Å². The molecule has 6 nitrogen and oxygen atoms in total. The minimum absolute atomic E-state index is 0.374. The Morgan fingerprint density at radius 3 is 2.80 bits per heavy atom. The van der Waals surface area contributed by atoms with E-state index in [2.05, 4.69) is 14.8 Å². The van der Waals surface area contributed by atoms with Gasteiger partial charge in [0.2, 0.25) is 0 Å². The normalized spacial score (nSPS) is 17.1. The van der Waals surface area contributed by atoms with Gasteiger partial charge in [0.05, 0.1) is 14.2 Å². The number of hydrogen-bond donors (Lipinski definition) is 1. The zero-order valence-corrected chi connectivity index (χ0v) is 12.2. The molecule has 1 aliphatic rings. The molecular formula is C13H16N4O2S. The van der Waals surface area contributed by atoms with Gasteiger partial charge in [-0.1, -0.05) is 11.8 Å². The van der Waals surface area contributed by atoms with E-state index in [0.29, 0.717) is 23.3 Å². The van der Waals surface area contributed by atoms with Gasteiger partial charge in [0.25, 0.3) is 0 Å². The molecule has 0 saturated carbocycles. The molecule has 2 heterocycles. The Bertz CT molecular complexity index is 629. The fourth-order valence-corrected chi connectivity index (χ4v) is 3.24. The summed E-state index contributed by atoms with van der Waals surface area (Å²) in [5.41, 5.74) is 6.68. The Labute approximate surface area is 121 Å². The van der Waals surface area contributed by atoms with E-state index in [1.807, 2.05) is 18.2 Å². The molecule has 3 rings (SSSR count). The second-order valence-corrected chi connectivity index (χ2v) is 5.73. The lowest BCUT2D eigenvalue weighted by molar-refractivity contribution is 0.355. The summed E-state index contributed by atoms with van der Waals surface area (Å²) in [6.45, 7) is 1.48. The summed E-state index contributed by atoms with van der Waals surface area (Å²) < 4.78 is 12.7. The van der Waals surface area contributed by atoms with Gasteiger partial charge in [-0.05, 0) is 18.2 Å². The highest BCUT2D eigenvalue weighted by Gasteiger charge is 2.26. The molecule has 2 aromatic rings. The van der Waals surface area contributed by atoms with Crippen molar-refractivity contribution < 1.29 is 9.47 Å².